The van der Waals surface area contributed by atoms with E-state index in [-0.39, 0.29) is 17.2 Å². The maximum Gasteiger partial charge on any atom is 0.319 e. The fraction of sp³-hybridized carbons (Fsp3) is 0.150. The second-order valence-corrected chi connectivity index (χ2v) is 7.13. The second kappa shape index (κ2) is 8.43. The van der Waals surface area contributed by atoms with Crippen molar-refractivity contribution in [3.05, 3.63) is 66.2 Å². The summed E-state index contributed by atoms with van der Waals surface area (Å²) in [6.07, 6.45) is 0. The van der Waals surface area contributed by atoms with Gasteiger partial charge in [-0.25, -0.2) is 4.98 Å². The number of carbonyl (C=O) groups excluding carboxylic acids is 1. The number of aliphatic hydroxyl groups is 1. The van der Waals surface area contributed by atoms with E-state index in [4.69, 9.17) is 4.74 Å². The van der Waals surface area contributed by atoms with Gasteiger partial charge in [-0.05, 0) is 31.2 Å². The molecule has 6 nitrogen and oxygen atoms in total. The molecule has 2 N–H and O–H groups in total. The van der Waals surface area contributed by atoms with Crippen LogP contribution in [0, 0.1) is 11.3 Å². The van der Waals surface area contributed by atoms with Crippen molar-refractivity contribution in [2.24, 2.45) is 0 Å². The molecule has 0 saturated heterocycles. The number of hydrogen-bond acceptors (Lipinski definition) is 6. The molecule has 3 rings (SSSR count). The maximum atomic E-state index is 12.2. The Morgan fingerprint density at radius 3 is 2.67 bits per heavy atom. The number of aliphatic hydroxyl groups excluding tert-OH is 1. The van der Waals surface area contributed by atoms with Gasteiger partial charge in [0.05, 0.1) is 11.0 Å². The molecule has 0 radical (unpaired) electrons. The number of aromatic amines is 1. The molecule has 0 bridgehead atoms. The van der Waals surface area contributed by atoms with Crippen LogP contribution in [0.15, 0.2) is 65.3 Å². The number of nitriles is 1. The lowest BCUT2D eigenvalue weighted by atomic mass is 10.2. The first-order chi connectivity index (χ1) is 13.1. The van der Waals surface area contributed by atoms with Crippen molar-refractivity contribution in [1.29, 1.82) is 5.26 Å². The SMILES string of the molecule is C[C@H](Sc1ccccc1)C(=O)OC/C(O)=C(\C#N)c1nc2ccccc2[nH]1. The number of nitrogens with zero attached hydrogens (tertiary/aromatic N) is 2. The van der Waals surface area contributed by atoms with Crippen molar-refractivity contribution in [1.82, 2.24) is 9.97 Å². The van der Waals surface area contributed by atoms with Crippen LogP contribution in [0.25, 0.3) is 16.6 Å². The van der Waals surface area contributed by atoms with Gasteiger partial charge in [0.2, 0.25) is 0 Å². The van der Waals surface area contributed by atoms with Gasteiger partial charge < -0.3 is 14.8 Å². The zero-order valence-electron chi connectivity index (χ0n) is 14.5. The Bertz CT molecular complexity index is 989. The van der Waals surface area contributed by atoms with Crippen molar-refractivity contribution >= 4 is 34.3 Å². The Balaban J connectivity index is 1.67. The number of esters is 1. The Hall–Kier alpha value is -3.24. The van der Waals surface area contributed by atoms with Crippen LogP contribution in [0.2, 0.25) is 0 Å². The van der Waals surface area contributed by atoms with Gasteiger partial charge in [-0.2, -0.15) is 5.26 Å². The lowest BCUT2D eigenvalue weighted by Crippen LogP contribution is -2.18. The lowest BCUT2D eigenvalue weighted by molar-refractivity contribution is -0.142. The fourth-order valence-electron chi connectivity index (χ4n) is 2.41. The van der Waals surface area contributed by atoms with E-state index in [1.54, 1.807) is 13.0 Å². The van der Waals surface area contributed by atoms with Crippen LogP contribution in [0.4, 0.5) is 0 Å². The molecule has 7 heteroatoms. The van der Waals surface area contributed by atoms with Crippen LogP contribution in [0.5, 0.6) is 0 Å². The number of hydrogen-bond donors (Lipinski definition) is 2. The van der Waals surface area contributed by atoms with Gasteiger partial charge in [-0.1, -0.05) is 30.3 Å². The lowest BCUT2D eigenvalue weighted by Gasteiger charge is -2.11. The van der Waals surface area contributed by atoms with Gasteiger partial charge in [0.15, 0.2) is 11.6 Å². The molecule has 136 valence electrons. The summed E-state index contributed by atoms with van der Waals surface area (Å²) in [5, 5.41) is 19.1. The topological polar surface area (TPSA) is 99.0 Å². The predicted octanol–water partition coefficient (Wildman–Crippen LogP) is 4.08. The van der Waals surface area contributed by atoms with Crippen LogP contribution in [0.1, 0.15) is 12.7 Å². The third-order valence-corrected chi connectivity index (χ3v) is 4.86. The molecule has 0 aliphatic heterocycles. The molecule has 3 aromatic rings. The van der Waals surface area contributed by atoms with E-state index in [0.717, 1.165) is 10.4 Å². The molecule has 0 amide bonds. The monoisotopic (exact) mass is 379 g/mol. The molecule has 27 heavy (non-hydrogen) atoms. The number of H-pyrrole nitrogens is 1. The maximum absolute atomic E-state index is 12.2. The normalized spacial score (nSPS) is 12.9. The number of para-hydroxylation sites is 2. The molecule has 2 aromatic carbocycles. The van der Waals surface area contributed by atoms with Gasteiger partial charge >= 0.3 is 5.97 Å². The van der Waals surface area contributed by atoms with E-state index in [9.17, 15) is 15.2 Å². The number of ether oxygens (including phenoxy) is 1. The van der Waals surface area contributed by atoms with E-state index < -0.39 is 17.8 Å². The quantitative estimate of drug-likeness (QED) is 0.290. The number of rotatable bonds is 6. The average molecular weight is 379 g/mol. The highest BCUT2D eigenvalue weighted by molar-refractivity contribution is 8.00. The minimum atomic E-state index is -0.475. The first kappa shape index (κ1) is 18.5. The summed E-state index contributed by atoms with van der Waals surface area (Å²) in [7, 11) is 0. The predicted molar refractivity (Wildman–Crippen MR) is 104 cm³/mol. The van der Waals surface area contributed by atoms with E-state index in [1.165, 1.54) is 11.8 Å². The van der Waals surface area contributed by atoms with E-state index >= 15 is 0 Å². The largest absolute Gasteiger partial charge is 0.507 e. The zero-order chi connectivity index (χ0) is 19.2. The van der Waals surface area contributed by atoms with Crippen molar-refractivity contribution in [2.45, 2.75) is 17.1 Å². The first-order valence-corrected chi connectivity index (χ1v) is 9.12. The molecule has 1 heterocycles. The summed E-state index contributed by atoms with van der Waals surface area (Å²) in [6.45, 7) is 1.34. The average Bonchev–Trinajstić information content (AvgIpc) is 3.11. The summed E-state index contributed by atoms with van der Waals surface area (Å²) in [5.74, 6) is -0.585. The number of fused-ring (bicyclic) bond motifs is 1. The summed E-state index contributed by atoms with van der Waals surface area (Å²) in [6, 6.07) is 18.7. The number of allylic oxidation sites excluding steroid dienone is 1. The minimum Gasteiger partial charge on any atom is -0.507 e. The van der Waals surface area contributed by atoms with Crippen LogP contribution in [0.3, 0.4) is 0 Å². The highest BCUT2D eigenvalue weighted by atomic mass is 32.2. The molecule has 0 aliphatic rings. The number of nitrogens with one attached hydrogen (secondary N) is 1. The summed E-state index contributed by atoms with van der Waals surface area (Å²) in [4.78, 5) is 20.4. The number of thioether (sulfide) groups is 1. The van der Waals surface area contributed by atoms with Crippen LogP contribution >= 0.6 is 11.8 Å². The van der Waals surface area contributed by atoms with Crippen molar-refractivity contribution in [3.63, 3.8) is 0 Å². The Morgan fingerprint density at radius 2 is 1.96 bits per heavy atom. The molecule has 0 unspecified atom stereocenters. The van der Waals surface area contributed by atoms with Gasteiger partial charge in [0, 0.05) is 4.90 Å². The van der Waals surface area contributed by atoms with Gasteiger partial charge in [-0.15, -0.1) is 11.8 Å². The third kappa shape index (κ3) is 4.49. The number of benzene rings is 2. The Labute approximate surface area is 160 Å². The highest BCUT2D eigenvalue weighted by Gasteiger charge is 2.19. The molecule has 0 spiro atoms. The number of imidazole rings is 1. The van der Waals surface area contributed by atoms with Crippen LogP contribution in [-0.4, -0.2) is 32.9 Å². The molecule has 1 atom stereocenters. The summed E-state index contributed by atoms with van der Waals surface area (Å²) < 4.78 is 5.16. The zero-order valence-corrected chi connectivity index (χ0v) is 15.4. The summed E-state index contributed by atoms with van der Waals surface area (Å²) in [5.41, 5.74) is 1.37. The van der Waals surface area contributed by atoms with E-state index in [0.29, 0.717) is 5.52 Å². The van der Waals surface area contributed by atoms with Gasteiger partial charge in [0.25, 0.3) is 0 Å². The van der Waals surface area contributed by atoms with Crippen molar-refractivity contribution in [2.75, 3.05) is 6.61 Å². The fourth-order valence-corrected chi connectivity index (χ4v) is 3.29. The first-order valence-electron chi connectivity index (χ1n) is 8.24. The molecule has 0 fully saturated rings. The van der Waals surface area contributed by atoms with Gasteiger partial charge in [-0.3, -0.25) is 4.79 Å². The molecule has 1 aromatic heterocycles. The highest BCUT2D eigenvalue weighted by Crippen LogP contribution is 2.24. The standard InChI is InChI=1S/C20H17N3O3S/c1-13(27-14-7-3-2-4-8-14)20(25)26-12-18(24)15(11-21)19-22-16-9-5-6-10-17(16)23-19/h2-10,13,24H,12H2,1H3,(H,22,23)/b18-15-/t13-/m0/s1. The number of carbonyl (C=O) groups is 1. The van der Waals surface area contributed by atoms with E-state index in [1.807, 2.05) is 54.6 Å². The molecular formula is C20H17N3O3S. The van der Waals surface area contributed by atoms with Crippen LogP contribution < -0.4 is 0 Å². The second-order valence-electron chi connectivity index (χ2n) is 5.72. The molecular weight excluding hydrogens is 362 g/mol. The Kier molecular flexibility index (Phi) is 5.79. The smallest absolute Gasteiger partial charge is 0.319 e. The van der Waals surface area contributed by atoms with E-state index in [2.05, 4.69) is 9.97 Å². The minimum absolute atomic E-state index is 0.0534. The van der Waals surface area contributed by atoms with Crippen LogP contribution in [-0.2, 0) is 9.53 Å². The van der Waals surface area contributed by atoms with Crippen molar-refractivity contribution in [3.8, 4) is 6.07 Å². The third-order valence-electron chi connectivity index (χ3n) is 3.77. The number of aromatic nitrogens is 2. The van der Waals surface area contributed by atoms with Crippen molar-refractivity contribution < 1.29 is 14.6 Å². The summed E-state index contributed by atoms with van der Waals surface area (Å²) >= 11 is 1.36. The Morgan fingerprint density at radius 1 is 1.26 bits per heavy atom. The molecule has 0 aliphatic carbocycles. The van der Waals surface area contributed by atoms with Gasteiger partial charge in [0.1, 0.15) is 23.5 Å². The molecule has 0 saturated carbocycles.